The molecule has 16 heavy (non-hydrogen) atoms. The molecular formula is C11H18N4O. The van der Waals surface area contributed by atoms with Crippen LogP contribution in [0.3, 0.4) is 0 Å². The number of ether oxygens (including phenoxy) is 1. The molecule has 0 spiro atoms. The first-order valence-electron chi connectivity index (χ1n) is 5.66. The molecule has 2 rings (SSSR count). The Morgan fingerprint density at radius 1 is 1.44 bits per heavy atom. The van der Waals surface area contributed by atoms with E-state index in [-0.39, 0.29) is 5.92 Å². The fourth-order valence-corrected chi connectivity index (χ4v) is 1.72. The molecule has 0 aliphatic carbocycles. The molecule has 5 nitrogen and oxygen atoms in total. The van der Waals surface area contributed by atoms with Crippen LogP contribution in [0.25, 0.3) is 0 Å². The van der Waals surface area contributed by atoms with Crippen molar-refractivity contribution in [1.82, 2.24) is 9.97 Å². The third-order valence-electron chi connectivity index (χ3n) is 2.87. The Labute approximate surface area is 95.6 Å². The quantitative estimate of drug-likeness (QED) is 0.800. The fraction of sp³-hybridized carbons (Fsp3) is 0.636. The molecule has 1 unspecified atom stereocenters. The highest BCUT2D eigenvalue weighted by atomic mass is 16.5. The summed E-state index contributed by atoms with van der Waals surface area (Å²) in [6.07, 6.45) is 1.62. The predicted molar refractivity (Wildman–Crippen MR) is 62.5 cm³/mol. The smallest absolute Gasteiger partial charge is 0.132 e. The number of nitrogens with zero attached hydrogens (tertiary/aromatic N) is 3. The summed E-state index contributed by atoms with van der Waals surface area (Å²) >= 11 is 0. The predicted octanol–water partition coefficient (Wildman–Crippen LogP) is 0.375. The molecule has 5 heteroatoms. The van der Waals surface area contributed by atoms with Gasteiger partial charge in [-0.15, -0.1) is 0 Å². The Hall–Kier alpha value is -1.20. The Morgan fingerprint density at radius 3 is 2.88 bits per heavy atom. The second-order valence-corrected chi connectivity index (χ2v) is 4.04. The lowest BCUT2D eigenvalue weighted by Crippen LogP contribution is -2.36. The maximum atomic E-state index is 5.64. The lowest BCUT2D eigenvalue weighted by molar-refractivity contribution is 0.122. The molecule has 2 N–H and O–H groups in total. The van der Waals surface area contributed by atoms with Crippen LogP contribution in [0.5, 0.6) is 0 Å². The molecule has 1 aromatic heterocycles. The minimum absolute atomic E-state index is 0.280. The summed E-state index contributed by atoms with van der Waals surface area (Å²) in [4.78, 5) is 10.8. The molecule has 88 valence electrons. The molecule has 1 aliphatic heterocycles. The van der Waals surface area contributed by atoms with Gasteiger partial charge in [-0.1, -0.05) is 6.92 Å². The van der Waals surface area contributed by atoms with Crippen LogP contribution in [0.2, 0.25) is 0 Å². The van der Waals surface area contributed by atoms with Crippen molar-refractivity contribution in [3.63, 3.8) is 0 Å². The topological polar surface area (TPSA) is 64.3 Å². The molecule has 0 aromatic carbocycles. The second-order valence-electron chi connectivity index (χ2n) is 4.04. The zero-order valence-corrected chi connectivity index (χ0v) is 9.59. The third-order valence-corrected chi connectivity index (χ3v) is 2.87. The molecule has 0 radical (unpaired) electrons. The minimum Gasteiger partial charge on any atom is -0.378 e. The van der Waals surface area contributed by atoms with Gasteiger partial charge in [0.1, 0.15) is 12.1 Å². The van der Waals surface area contributed by atoms with Crippen molar-refractivity contribution < 1.29 is 4.74 Å². The number of nitrogens with two attached hydrogens (primary N) is 1. The summed E-state index contributed by atoms with van der Waals surface area (Å²) in [5, 5.41) is 0. The molecule has 0 bridgehead atoms. The summed E-state index contributed by atoms with van der Waals surface area (Å²) in [5.41, 5.74) is 6.65. The van der Waals surface area contributed by atoms with Gasteiger partial charge in [0, 0.05) is 37.3 Å². The Balaban J connectivity index is 2.14. The Morgan fingerprint density at radius 2 is 2.19 bits per heavy atom. The first kappa shape index (κ1) is 11.3. The Kier molecular flexibility index (Phi) is 3.69. The van der Waals surface area contributed by atoms with E-state index in [0.717, 1.165) is 37.8 Å². The van der Waals surface area contributed by atoms with Gasteiger partial charge in [0.25, 0.3) is 0 Å². The lowest BCUT2D eigenvalue weighted by Gasteiger charge is -2.28. The van der Waals surface area contributed by atoms with Gasteiger partial charge in [-0.3, -0.25) is 0 Å². The molecule has 2 heterocycles. The van der Waals surface area contributed by atoms with Crippen LogP contribution >= 0.6 is 0 Å². The summed E-state index contributed by atoms with van der Waals surface area (Å²) in [7, 11) is 0. The van der Waals surface area contributed by atoms with E-state index in [1.165, 1.54) is 0 Å². The van der Waals surface area contributed by atoms with Crippen LogP contribution < -0.4 is 10.6 Å². The minimum atomic E-state index is 0.280. The van der Waals surface area contributed by atoms with E-state index in [1.54, 1.807) is 6.33 Å². The maximum Gasteiger partial charge on any atom is 0.132 e. The van der Waals surface area contributed by atoms with Gasteiger partial charge in [0.05, 0.1) is 13.2 Å². The van der Waals surface area contributed by atoms with E-state index in [4.69, 9.17) is 10.5 Å². The van der Waals surface area contributed by atoms with Crippen LogP contribution in [-0.2, 0) is 4.74 Å². The normalized spacial score (nSPS) is 18.5. The van der Waals surface area contributed by atoms with Crippen LogP contribution in [0.15, 0.2) is 12.4 Å². The molecule has 1 atom stereocenters. The summed E-state index contributed by atoms with van der Waals surface area (Å²) in [6, 6.07) is 2.03. The number of anilines is 1. The maximum absolute atomic E-state index is 5.64. The van der Waals surface area contributed by atoms with Gasteiger partial charge < -0.3 is 15.4 Å². The molecule has 1 aromatic rings. The number of hydrogen-bond donors (Lipinski definition) is 1. The van der Waals surface area contributed by atoms with E-state index in [0.29, 0.717) is 6.54 Å². The number of rotatable bonds is 3. The summed E-state index contributed by atoms with van der Waals surface area (Å²) in [6.45, 7) is 6.02. The van der Waals surface area contributed by atoms with E-state index < -0.39 is 0 Å². The largest absolute Gasteiger partial charge is 0.378 e. The average Bonchev–Trinajstić information content (AvgIpc) is 2.39. The number of morpholine rings is 1. The van der Waals surface area contributed by atoms with E-state index in [2.05, 4.69) is 21.8 Å². The van der Waals surface area contributed by atoms with Crippen LogP contribution in [-0.4, -0.2) is 42.8 Å². The molecule has 1 aliphatic rings. The van der Waals surface area contributed by atoms with Gasteiger partial charge in [0.15, 0.2) is 0 Å². The first-order chi connectivity index (χ1) is 7.81. The summed E-state index contributed by atoms with van der Waals surface area (Å²) < 4.78 is 5.31. The van der Waals surface area contributed by atoms with Gasteiger partial charge in [-0.05, 0) is 0 Å². The van der Waals surface area contributed by atoms with E-state index in [1.807, 2.05) is 6.07 Å². The Bertz CT molecular complexity index is 339. The average molecular weight is 222 g/mol. The molecule has 1 fully saturated rings. The SMILES string of the molecule is CC(CN)c1cc(N2CCOCC2)ncn1. The second kappa shape index (κ2) is 5.23. The highest BCUT2D eigenvalue weighted by molar-refractivity contribution is 5.39. The van der Waals surface area contributed by atoms with E-state index >= 15 is 0 Å². The van der Waals surface area contributed by atoms with Gasteiger partial charge in [-0.25, -0.2) is 9.97 Å². The highest BCUT2D eigenvalue weighted by Crippen LogP contribution is 2.17. The van der Waals surface area contributed by atoms with Crippen LogP contribution in [0, 0.1) is 0 Å². The number of aromatic nitrogens is 2. The van der Waals surface area contributed by atoms with Gasteiger partial charge >= 0.3 is 0 Å². The fourth-order valence-electron chi connectivity index (χ4n) is 1.72. The highest BCUT2D eigenvalue weighted by Gasteiger charge is 2.14. The monoisotopic (exact) mass is 222 g/mol. The number of hydrogen-bond acceptors (Lipinski definition) is 5. The molecule has 1 saturated heterocycles. The van der Waals surface area contributed by atoms with Crippen LogP contribution in [0.1, 0.15) is 18.5 Å². The van der Waals surface area contributed by atoms with Gasteiger partial charge in [-0.2, -0.15) is 0 Å². The summed E-state index contributed by atoms with van der Waals surface area (Å²) in [5.74, 6) is 1.26. The first-order valence-corrected chi connectivity index (χ1v) is 5.66. The van der Waals surface area contributed by atoms with Gasteiger partial charge in [0.2, 0.25) is 0 Å². The van der Waals surface area contributed by atoms with Crippen molar-refractivity contribution in [3.8, 4) is 0 Å². The van der Waals surface area contributed by atoms with Crippen molar-refractivity contribution in [1.29, 1.82) is 0 Å². The lowest BCUT2D eigenvalue weighted by atomic mass is 10.1. The standard InChI is InChI=1S/C11H18N4O/c1-9(7-12)10-6-11(14-8-13-10)15-2-4-16-5-3-15/h6,8-9H,2-5,7,12H2,1H3. The van der Waals surface area contributed by atoms with Crippen molar-refractivity contribution in [2.24, 2.45) is 5.73 Å². The molecular weight excluding hydrogens is 204 g/mol. The van der Waals surface area contributed by atoms with Crippen LogP contribution in [0.4, 0.5) is 5.82 Å². The zero-order chi connectivity index (χ0) is 11.4. The zero-order valence-electron chi connectivity index (χ0n) is 9.59. The third kappa shape index (κ3) is 2.48. The van der Waals surface area contributed by atoms with Crippen molar-refractivity contribution >= 4 is 5.82 Å². The molecule has 0 amide bonds. The molecule has 0 saturated carbocycles. The van der Waals surface area contributed by atoms with Crippen molar-refractivity contribution in [2.75, 3.05) is 37.7 Å². The van der Waals surface area contributed by atoms with Crippen molar-refractivity contribution in [3.05, 3.63) is 18.1 Å². The van der Waals surface area contributed by atoms with E-state index in [9.17, 15) is 0 Å². The van der Waals surface area contributed by atoms with Crippen molar-refractivity contribution in [2.45, 2.75) is 12.8 Å².